The molecule has 1 N–H and O–H groups in total. The minimum atomic E-state index is -0.256. The summed E-state index contributed by atoms with van der Waals surface area (Å²) in [6.45, 7) is 0.253. The average Bonchev–Trinajstić information content (AvgIpc) is 3.00. The molecule has 0 saturated heterocycles. The van der Waals surface area contributed by atoms with Gasteiger partial charge in [0.1, 0.15) is 18.0 Å². The van der Waals surface area contributed by atoms with Crippen molar-refractivity contribution in [3.8, 4) is 23.0 Å². The molecule has 0 aromatic heterocycles. The van der Waals surface area contributed by atoms with Crippen LogP contribution in [-0.4, -0.2) is 37.5 Å². The number of ether oxygens (including phenoxy) is 3. The van der Waals surface area contributed by atoms with Crippen LogP contribution < -0.4 is 19.5 Å². The van der Waals surface area contributed by atoms with Crippen molar-refractivity contribution in [2.45, 2.75) is 13.0 Å². The molecule has 1 aliphatic rings. The predicted octanol–water partition coefficient (Wildman–Crippen LogP) is 4.17. The zero-order valence-corrected chi connectivity index (χ0v) is 19.1. The monoisotopic (exact) mass is 458 g/mol. The highest BCUT2D eigenvalue weighted by Crippen LogP contribution is 2.32. The van der Waals surface area contributed by atoms with E-state index in [9.17, 15) is 9.59 Å². The number of nitrogens with one attached hydrogen (secondary N) is 1. The number of amides is 2. The van der Waals surface area contributed by atoms with Crippen molar-refractivity contribution in [3.63, 3.8) is 0 Å². The molecular weight excluding hydrogens is 432 g/mol. The molecule has 1 heterocycles. The number of carbonyl (C=O) groups is 2. The van der Waals surface area contributed by atoms with E-state index in [1.54, 1.807) is 32.6 Å². The molecule has 0 spiro atoms. The Morgan fingerprint density at radius 2 is 1.68 bits per heavy atom. The van der Waals surface area contributed by atoms with Gasteiger partial charge >= 0.3 is 0 Å². The van der Waals surface area contributed by atoms with Crippen LogP contribution in [0, 0.1) is 0 Å². The highest BCUT2D eigenvalue weighted by Gasteiger charge is 2.21. The maximum atomic E-state index is 12.8. The average molecular weight is 459 g/mol. The van der Waals surface area contributed by atoms with Gasteiger partial charge in [-0.2, -0.15) is 0 Å². The summed E-state index contributed by atoms with van der Waals surface area (Å²) >= 11 is 0. The van der Waals surface area contributed by atoms with Gasteiger partial charge in [0.05, 0.1) is 20.6 Å². The van der Waals surface area contributed by atoms with Crippen LogP contribution in [0.1, 0.15) is 16.7 Å². The predicted molar refractivity (Wildman–Crippen MR) is 129 cm³/mol. The first kappa shape index (κ1) is 22.9. The molecule has 174 valence electrons. The van der Waals surface area contributed by atoms with Crippen LogP contribution in [0.5, 0.6) is 23.0 Å². The first-order valence-corrected chi connectivity index (χ1v) is 10.9. The molecule has 0 aliphatic carbocycles. The lowest BCUT2D eigenvalue weighted by atomic mass is 10.0. The summed E-state index contributed by atoms with van der Waals surface area (Å²) in [5.41, 5.74) is 2.56. The molecule has 4 rings (SSSR count). The van der Waals surface area contributed by atoms with Crippen LogP contribution in [0.3, 0.4) is 0 Å². The van der Waals surface area contributed by atoms with Crippen LogP contribution in [-0.2, 0) is 22.6 Å². The summed E-state index contributed by atoms with van der Waals surface area (Å²) in [6.07, 6.45) is 3.60. The summed E-state index contributed by atoms with van der Waals surface area (Å²) in [6, 6.07) is 20.6. The maximum absolute atomic E-state index is 12.8. The van der Waals surface area contributed by atoms with E-state index in [-0.39, 0.29) is 24.8 Å². The van der Waals surface area contributed by atoms with Crippen molar-refractivity contribution in [2.24, 2.45) is 0 Å². The first-order valence-electron chi connectivity index (χ1n) is 10.9. The van der Waals surface area contributed by atoms with Crippen molar-refractivity contribution in [3.05, 3.63) is 89.6 Å². The summed E-state index contributed by atoms with van der Waals surface area (Å²) in [4.78, 5) is 26.8. The number of benzene rings is 3. The lowest BCUT2D eigenvalue weighted by molar-refractivity contribution is -0.132. The first-order chi connectivity index (χ1) is 16.6. The third-order valence-electron chi connectivity index (χ3n) is 5.42. The van der Waals surface area contributed by atoms with Crippen molar-refractivity contribution in [1.29, 1.82) is 0 Å². The second-order valence-corrected chi connectivity index (χ2v) is 7.76. The van der Waals surface area contributed by atoms with Gasteiger partial charge in [-0.3, -0.25) is 9.59 Å². The summed E-state index contributed by atoms with van der Waals surface area (Å²) in [5, 5.41) is 2.87. The van der Waals surface area contributed by atoms with Gasteiger partial charge in [0.2, 0.25) is 11.8 Å². The number of fused-ring (bicyclic) bond motifs is 1. The van der Waals surface area contributed by atoms with E-state index in [1.165, 1.54) is 4.90 Å². The maximum Gasteiger partial charge on any atom is 0.240 e. The molecular formula is C27H26N2O5. The fourth-order valence-corrected chi connectivity index (χ4v) is 3.66. The topological polar surface area (TPSA) is 77.1 Å². The van der Waals surface area contributed by atoms with Crippen molar-refractivity contribution < 1.29 is 23.8 Å². The number of para-hydroxylation sites is 1. The summed E-state index contributed by atoms with van der Waals surface area (Å²) < 4.78 is 16.5. The molecule has 0 atom stereocenters. The fraction of sp³-hybridized carbons (Fsp3) is 0.185. The molecule has 3 aromatic carbocycles. The summed E-state index contributed by atoms with van der Waals surface area (Å²) in [5.74, 6) is 2.15. The molecule has 0 unspecified atom stereocenters. The third kappa shape index (κ3) is 5.56. The van der Waals surface area contributed by atoms with E-state index in [1.807, 2.05) is 60.7 Å². The van der Waals surface area contributed by atoms with Crippen molar-refractivity contribution >= 4 is 17.9 Å². The van der Waals surface area contributed by atoms with E-state index in [0.717, 1.165) is 22.4 Å². The number of nitrogens with zero attached hydrogens (tertiary/aromatic N) is 1. The number of carbonyl (C=O) groups excluding carboxylic acids is 2. The zero-order chi connectivity index (χ0) is 23.9. The standard InChI is InChI=1S/C27H26N2O5/c1-32-24-14-20-11-12-29(27(31)16-21(20)15-25(24)33-2)18-26(30)28-17-19-7-6-10-23(13-19)34-22-8-4-3-5-9-22/h3-15H,16-18H2,1-2H3,(H,28,30). The molecule has 7 nitrogen and oxygen atoms in total. The van der Waals surface area contributed by atoms with Crippen LogP contribution in [0.15, 0.2) is 72.9 Å². The van der Waals surface area contributed by atoms with Gasteiger partial charge in [-0.05, 0) is 59.2 Å². The molecule has 34 heavy (non-hydrogen) atoms. The van der Waals surface area contributed by atoms with Gasteiger partial charge in [0, 0.05) is 12.7 Å². The molecule has 2 amide bonds. The Bertz CT molecular complexity index is 1210. The Kier molecular flexibility index (Phi) is 7.13. The van der Waals surface area contributed by atoms with Crippen molar-refractivity contribution in [2.75, 3.05) is 20.8 Å². The Hall–Kier alpha value is -4.26. The Morgan fingerprint density at radius 1 is 0.941 bits per heavy atom. The van der Waals surface area contributed by atoms with E-state index in [2.05, 4.69) is 5.32 Å². The second kappa shape index (κ2) is 10.6. The number of hydrogen-bond donors (Lipinski definition) is 1. The van der Waals surface area contributed by atoms with Crippen LogP contribution in [0.4, 0.5) is 0 Å². The molecule has 0 saturated carbocycles. The van der Waals surface area contributed by atoms with Gasteiger partial charge in [0.25, 0.3) is 0 Å². The van der Waals surface area contributed by atoms with Gasteiger partial charge < -0.3 is 24.4 Å². The van der Waals surface area contributed by atoms with Crippen LogP contribution >= 0.6 is 0 Å². The normalized spacial score (nSPS) is 12.5. The molecule has 1 aliphatic heterocycles. The van der Waals surface area contributed by atoms with Gasteiger partial charge in [0.15, 0.2) is 11.5 Å². The molecule has 7 heteroatoms. The van der Waals surface area contributed by atoms with E-state index in [4.69, 9.17) is 14.2 Å². The third-order valence-corrected chi connectivity index (χ3v) is 5.42. The van der Waals surface area contributed by atoms with Crippen LogP contribution in [0.25, 0.3) is 6.08 Å². The van der Waals surface area contributed by atoms with Crippen molar-refractivity contribution in [1.82, 2.24) is 10.2 Å². The fourth-order valence-electron chi connectivity index (χ4n) is 3.66. The Balaban J connectivity index is 1.36. The zero-order valence-electron chi connectivity index (χ0n) is 19.1. The molecule has 0 bridgehead atoms. The highest BCUT2D eigenvalue weighted by atomic mass is 16.5. The molecule has 3 aromatic rings. The van der Waals surface area contributed by atoms with Gasteiger partial charge in [-0.15, -0.1) is 0 Å². The molecule has 0 fully saturated rings. The van der Waals surface area contributed by atoms with Gasteiger partial charge in [-0.1, -0.05) is 30.3 Å². The minimum absolute atomic E-state index is 0.0716. The van der Waals surface area contributed by atoms with E-state index >= 15 is 0 Å². The highest BCUT2D eigenvalue weighted by molar-refractivity contribution is 5.89. The molecule has 0 radical (unpaired) electrons. The van der Waals surface area contributed by atoms with Crippen LogP contribution in [0.2, 0.25) is 0 Å². The van der Waals surface area contributed by atoms with E-state index < -0.39 is 0 Å². The number of rotatable bonds is 8. The lowest BCUT2D eigenvalue weighted by Crippen LogP contribution is -2.37. The smallest absolute Gasteiger partial charge is 0.240 e. The Morgan fingerprint density at radius 3 is 2.44 bits per heavy atom. The number of methoxy groups -OCH3 is 2. The largest absolute Gasteiger partial charge is 0.493 e. The summed E-state index contributed by atoms with van der Waals surface area (Å²) in [7, 11) is 3.12. The minimum Gasteiger partial charge on any atom is -0.493 e. The number of hydrogen-bond acceptors (Lipinski definition) is 5. The quantitative estimate of drug-likeness (QED) is 0.548. The second-order valence-electron chi connectivity index (χ2n) is 7.76. The van der Waals surface area contributed by atoms with E-state index in [0.29, 0.717) is 23.8 Å². The Labute approximate surface area is 198 Å². The van der Waals surface area contributed by atoms with Gasteiger partial charge in [-0.25, -0.2) is 0 Å². The lowest BCUT2D eigenvalue weighted by Gasteiger charge is -2.17. The SMILES string of the molecule is COc1cc2c(cc1OC)CC(=O)N(CC(=O)NCc1cccc(Oc3ccccc3)c1)C=C2.